The Morgan fingerprint density at radius 2 is 2.00 bits per heavy atom. The monoisotopic (exact) mass is 223 g/mol. The molecule has 0 atom stereocenters. The molecule has 16 heavy (non-hydrogen) atoms. The van der Waals surface area contributed by atoms with Gasteiger partial charge in [0.15, 0.2) is 0 Å². The number of carbonyl (C=O) groups excluding carboxylic acids is 1. The molecule has 0 aromatic carbocycles. The number of nitrogens with two attached hydrogens (primary N) is 1. The minimum absolute atomic E-state index is 0.233. The Balaban J connectivity index is 3.11. The summed E-state index contributed by atoms with van der Waals surface area (Å²) in [6, 6.07) is 4.10. The first kappa shape index (κ1) is 12.8. The molecule has 4 nitrogen and oxygen atoms in total. The highest BCUT2D eigenvalue weighted by atomic mass is 16.2. The summed E-state index contributed by atoms with van der Waals surface area (Å²) < 4.78 is 2.04. The molecule has 1 heterocycles. The van der Waals surface area contributed by atoms with Gasteiger partial charge in [0.2, 0.25) is 0 Å². The van der Waals surface area contributed by atoms with E-state index < -0.39 is 0 Å². The average molecular weight is 223 g/mol. The quantitative estimate of drug-likeness (QED) is 0.465. The number of rotatable bonds is 4. The maximum atomic E-state index is 11.6. The van der Waals surface area contributed by atoms with E-state index >= 15 is 0 Å². The molecule has 1 aromatic heterocycles. The van der Waals surface area contributed by atoms with Crippen molar-refractivity contribution in [3.63, 3.8) is 0 Å². The summed E-state index contributed by atoms with van der Waals surface area (Å²) in [6.45, 7) is 8.47. The summed E-state index contributed by atoms with van der Waals surface area (Å²) in [5, 5.41) is 0. The van der Waals surface area contributed by atoms with Gasteiger partial charge in [0.25, 0.3) is 5.91 Å². The summed E-state index contributed by atoms with van der Waals surface area (Å²) in [6.07, 6.45) is 0.968. The molecule has 1 rings (SSSR count). The number of nitrogens with one attached hydrogen (secondary N) is 1. The van der Waals surface area contributed by atoms with Crippen LogP contribution in [0.2, 0.25) is 0 Å². The minimum Gasteiger partial charge on any atom is -0.338 e. The molecule has 90 valence electrons. The first-order valence-electron chi connectivity index (χ1n) is 5.68. The molecule has 0 aliphatic carbocycles. The Bertz CT molecular complexity index is 366. The van der Waals surface area contributed by atoms with Crippen molar-refractivity contribution in [2.24, 2.45) is 11.8 Å². The number of hydrogen-bond acceptors (Lipinski definition) is 2. The molecule has 3 N–H and O–H groups in total. The third-order valence-corrected chi connectivity index (χ3v) is 2.50. The van der Waals surface area contributed by atoms with Crippen molar-refractivity contribution in [1.82, 2.24) is 9.99 Å². The molecular weight excluding hydrogens is 202 g/mol. The van der Waals surface area contributed by atoms with E-state index in [2.05, 4.69) is 33.1 Å². The first-order chi connectivity index (χ1) is 7.47. The van der Waals surface area contributed by atoms with Crippen molar-refractivity contribution in [2.75, 3.05) is 0 Å². The van der Waals surface area contributed by atoms with Gasteiger partial charge >= 0.3 is 0 Å². The molecule has 0 spiro atoms. The predicted molar refractivity (Wildman–Crippen MR) is 65.0 cm³/mol. The third-order valence-electron chi connectivity index (χ3n) is 2.50. The Morgan fingerprint density at radius 3 is 2.44 bits per heavy atom. The van der Waals surface area contributed by atoms with Crippen LogP contribution in [0.25, 0.3) is 0 Å². The van der Waals surface area contributed by atoms with Gasteiger partial charge in [0.1, 0.15) is 5.69 Å². The normalized spacial score (nSPS) is 11.2. The molecule has 4 heteroatoms. The Hall–Kier alpha value is -1.29. The summed E-state index contributed by atoms with van der Waals surface area (Å²) >= 11 is 0. The molecule has 0 unspecified atom stereocenters. The van der Waals surface area contributed by atoms with E-state index in [-0.39, 0.29) is 11.9 Å². The zero-order chi connectivity index (χ0) is 12.3. The largest absolute Gasteiger partial charge is 0.338 e. The van der Waals surface area contributed by atoms with Gasteiger partial charge in [0, 0.05) is 11.7 Å². The highest BCUT2D eigenvalue weighted by Crippen LogP contribution is 2.19. The maximum absolute atomic E-state index is 11.6. The number of hydrazine groups is 1. The molecular formula is C12H21N3O. The summed E-state index contributed by atoms with van der Waals surface area (Å²) in [5.41, 5.74) is 4.00. The van der Waals surface area contributed by atoms with Gasteiger partial charge in [0.05, 0.1) is 0 Å². The molecule has 0 saturated heterocycles. The Kier molecular flexibility index (Phi) is 4.12. The fourth-order valence-corrected chi connectivity index (χ4v) is 1.94. The lowest BCUT2D eigenvalue weighted by molar-refractivity contribution is 0.0942. The SMILES string of the molecule is CC(C)Cc1ccc(C(=O)NN)n1C(C)C. The van der Waals surface area contributed by atoms with Gasteiger partial charge < -0.3 is 4.57 Å². The van der Waals surface area contributed by atoms with Crippen LogP contribution < -0.4 is 11.3 Å². The van der Waals surface area contributed by atoms with Crippen LogP contribution in [0.5, 0.6) is 0 Å². The maximum Gasteiger partial charge on any atom is 0.281 e. The van der Waals surface area contributed by atoms with Crippen molar-refractivity contribution >= 4 is 5.91 Å². The highest BCUT2D eigenvalue weighted by molar-refractivity contribution is 5.92. The third kappa shape index (κ3) is 2.64. The van der Waals surface area contributed by atoms with Gasteiger partial charge in [-0.15, -0.1) is 0 Å². The standard InChI is InChI=1S/C12H21N3O/c1-8(2)7-10-5-6-11(12(16)14-13)15(10)9(3)4/h5-6,8-9H,7,13H2,1-4H3,(H,14,16). The van der Waals surface area contributed by atoms with Crippen LogP contribution >= 0.6 is 0 Å². The lowest BCUT2D eigenvalue weighted by atomic mass is 10.1. The van der Waals surface area contributed by atoms with Crippen molar-refractivity contribution in [3.8, 4) is 0 Å². The van der Waals surface area contributed by atoms with E-state index in [1.165, 1.54) is 5.69 Å². The molecule has 1 aromatic rings. The molecule has 1 amide bonds. The first-order valence-corrected chi connectivity index (χ1v) is 5.68. The second-order valence-electron chi connectivity index (χ2n) is 4.75. The average Bonchev–Trinajstić information content (AvgIpc) is 2.59. The van der Waals surface area contributed by atoms with Gasteiger partial charge in [-0.1, -0.05) is 13.8 Å². The highest BCUT2D eigenvalue weighted by Gasteiger charge is 2.16. The number of nitrogen functional groups attached to an aromatic ring is 1. The van der Waals surface area contributed by atoms with Crippen molar-refractivity contribution in [2.45, 2.75) is 40.2 Å². The summed E-state index contributed by atoms with van der Waals surface area (Å²) in [4.78, 5) is 11.6. The number of carbonyl (C=O) groups is 1. The van der Waals surface area contributed by atoms with Crippen molar-refractivity contribution in [3.05, 3.63) is 23.5 Å². The van der Waals surface area contributed by atoms with E-state index in [0.717, 1.165) is 6.42 Å². The number of amides is 1. The fourth-order valence-electron chi connectivity index (χ4n) is 1.94. The predicted octanol–water partition coefficient (Wildman–Crippen LogP) is 1.87. The Labute approximate surface area is 96.8 Å². The van der Waals surface area contributed by atoms with E-state index in [0.29, 0.717) is 11.6 Å². The molecule has 0 aliphatic heterocycles. The minimum atomic E-state index is -0.233. The number of aromatic nitrogens is 1. The topological polar surface area (TPSA) is 60.1 Å². The van der Waals surface area contributed by atoms with Gasteiger partial charge in [-0.3, -0.25) is 10.2 Å². The summed E-state index contributed by atoms with van der Waals surface area (Å²) in [7, 11) is 0. The van der Waals surface area contributed by atoms with Crippen LogP contribution in [0.4, 0.5) is 0 Å². The van der Waals surface area contributed by atoms with Crippen molar-refractivity contribution < 1.29 is 4.79 Å². The number of nitrogens with zero attached hydrogens (tertiary/aromatic N) is 1. The fraction of sp³-hybridized carbons (Fsp3) is 0.583. The zero-order valence-corrected chi connectivity index (χ0v) is 10.4. The van der Waals surface area contributed by atoms with E-state index in [1.54, 1.807) is 0 Å². The molecule has 0 fully saturated rings. The van der Waals surface area contributed by atoms with Crippen LogP contribution in [0, 0.1) is 5.92 Å². The van der Waals surface area contributed by atoms with E-state index in [9.17, 15) is 4.79 Å². The smallest absolute Gasteiger partial charge is 0.281 e. The van der Waals surface area contributed by atoms with E-state index in [1.807, 2.05) is 16.7 Å². The lowest BCUT2D eigenvalue weighted by Crippen LogP contribution is -2.32. The van der Waals surface area contributed by atoms with Crippen LogP contribution in [0.3, 0.4) is 0 Å². The molecule has 0 bridgehead atoms. The zero-order valence-electron chi connectivity index (χ0n) is 10.4. The second kappa shape index (κ2) is 5.16. The van der Waals surface area contributed by atoms with Gasteiger partial charge in [-0.25, -0.2) is 5.84 Å². The second-order valence-corrected chi connectivity index (χ2v) is 4.75. The van der Waals surface area contributed by atoms with Crippen LogP contribution in [0.15, 0.2) is 12.1 Å². The molecule has 0 saturated carbocycles. The van der Waals surface area contributed by atoms with Gasteiger partial charge in [-0.2, -0.15) is 0 Å². The number of hydrogen-bond donors (Lipinski definition) is 2. The van der Waals surface area contributed by atoms with Crippen LogP contribution in [-0.2, 0) is 6.42 Å². The Morgan fingerprint density at radius 1 is 1.38 bits per heavy atom. The van der Waals surface area contributed by atoms with Crippen molar-refractivity contribution in [1.29, 1.82) is 0 Å². The molecule has 0 aliphatic rings. The summed E-state index contributed by atoms with van der Waals surface area (Å²) in [5.74, 6) is 5.51. The van der Waals surface area contributed by atoms with Crippen LogP contribution in [0.1, 0.15) is 49.9 Å². The van der Waals surface area contributed by atoms with Crippen LogP contribution in [-0.4, -0.2) is 10.5 Å². The lowest BCUT2D eigenvalue weighted by Gasteiger charge is -2.17. The molecule has 0 radical (unpaired) electrons. The van der Waals surface area contributed by atoms with Gasteiger partial charge in [-0.05, 0) is 38.3 Å². The van der Waals surface area contributed by atoms with E-state index in [4.69, 9.17) is 5.84 Å².